The smallest absolute Gasteiger partial charge is 0.326 e. The van der Waals surface area contributed by atoms with Gasteiger partial charge in [-0.2, -0.15) is 0 Å². The molecular formula is C15H19NO6. The average molecular weight is 309 g/mol. The molecule has 7 heteroatoms. The maximum Gasteiger partial charge on any atom is 0.326 e. The lowest BCUT2D eigenvalue weighted by molar-refractivity contribution is -0.142. The quantitative estimate of drug-likeness (QED) is 0.785. The van der Waals surface area contributed by atoms with E-state index in [2.05, 4.69) is 0 Å². The van der Waals surface area contributed by atoms with Crippen LogP contribution < -0.4 is 14.4 Å². The van der Waals surface area contributed by atoms with Crippen LogP contribution >= 0.6 is 0 Å². The number of aliphatic hydroxyl groups excluding tert-OH is 1. The second-order valence-electron chi connectivity index (χ2n) is 4.61. The Morgan fingerprint density at radius 1 is 1.36 bits per heavy atom. The van der Waals surface area contributed by atoms with Crippen LogP contribution in [0.5, 0.6) is 11.5 Å². The molecule has 0 saturated carbocycles. The van der Waals surface area contributed by atoms with Gasteiger partial charge in [-0.15, -0.1) is 0 Å². The van der Waals surface area contributed by atoms with Crippen LogP contribution in [-0.2, 0) is 20.9 Å². The molecule has 0 aromatic heterocycles. The summed E-state index contributed by atoms with van der Waals surface area (Å²) >= 11 is 0. The van der Waals surface area contributed by atoms with E-state index in [1.807, 2.05) is 6.92 Å². The van der Waals surface area contributed by atoms with Crippen molar-refractivity contribution in [2.45, 2.75) is 20.5 Å². The van der Waals surface area contributed by atoms with Crippen molar-refractivity contribution in [1.29, 1.82) is 0 Å². The molecule has 0 radical (unpaired) electrons. The molecule has 1 aromatic carbocycles. The Hall–Kier alpha value is -2.28. The third-order valence-corrected chi connectivity index (χ3v) is 3.10. The number of esters is 1. The van der Waals surface area contributed by atoms with E-state index in [0.29, 0.717) is 29.4 Å². The fraction of sp³-hybridized carbons (Fsp3) is 0.467. The summed E-state index contributed by atoms with van der Waals surface area (Å²) in [7, 11) is 0. The maximum atomic E-state index is 12.1. The molecule has 1 aliphatic heterocycles. The fourth-order valence-electron chi connectivity index (χ4n) is 2.20. The molecule has 1 heterocycles. The predicted molar refractivity (Wildman–Crippen MR) is 78.0 cm³/mol. The molecule has 1 aliphatic rings. The van der Waals surface area contributed by atoms with Crippen LogP contribution in [0.3, 0.4) is 0 Å². The maximum absolute atomic E-state index is 12.1. The first-order chi connectivity index (χ1) is 10.6. The number of hydrogen-bond acceptors (Lipinski definition) is 6. The van der Waals surface area contributed by atoms with Gasteiger partial charge in [0.15, 0.2) is 18.1 Å². The number of benzene rings is 1. The Kier molecular flexibility index (Phi) is 5.21. The van der Waals surface area contributed by atoms with Crippen molar-refractivity contribution in [3.8, 4) is 11.5 Å². The van der Waals surface area contributed by atoms with E-state index in [1.54, 1.807) is 19.1 Å². The summed E-state index contributed by atoms with van der Waals surface area (Å²) in [6.45, 7) is 3.58. The van der Waals surface area contributed by atoms with Crippen LogP contribution in [-0.4, -0.2) is 43.3 Å². The first-order valence-electron chi connectivity index (χ1n) is 7.10. The van der Waals surface area contributed by atoms with E-state index < -0.39 is 5.97 Å². The molecular weight excluding hydrogens is 290 g/mol. The Morgan fingerprint density at radius 2 is 2.14 bits per heavy atom. The molecule has 0 aliphatic carbocycles. The molecule has 0 atom stereocenters. The second kappa shape index (κ2) is 7.13. The van der Waals surface area contributed by atoms with Crippen molar-refractivity contribution < 1.29 is 28.9 Å². The summed E-state index contributed by atoms with van der Waals surface area (Å²) in [5.41, 5.74) is 0.966. The van der Waals surface area contributed by atoms with E-state index in [4.69, 9.17) is 14.2 Å². The van der Waals surface area contributed by atoms with Crippen molar-refractivity contribution in [3.63, 3.8) is 0 Å². The highest BCUT2D eigenvalue weighted by atomic mass is 16.5. The molecule has 0 unspecified atom stereocenters. The van der Waals surface area contributed by atoms with Gasteiger partial charge < -0.3 is 19.3 Å². The zero-order valence-corrected chi connectivity index (χ0v) is 12.6. The number of ether oxygens (including phenoxy) is 3. The molecule has 2 rings (SSSR count). The predicted octanol–water partition coefficient (Wildman–Crippen LogP) is 0.866. The molecule has 0 saturated heterocycles. The lowest BCUT2D eigenvalue weighted by Crippen LogP contribution is -2.42. The number of carbonyl (C=O) groups excluding carboxylic acids is 2. The van der Waals surface area contributed by atoms with Crippen molar-refractivity contribution in [3.05, 3.63) is 17.7 Å². The highest BCUT2D eigenvalue weighted by Crippen LogP contribution is 2.41. The number of carbonyl (C=O) groups is 2. The highest BCUT2D eigenvalue weighted by Gasteiger charge is 2.30. The van der Waals surface area contributed by atoms with Crippen LogP contribution in [0.25, 0.3) is 0 Å². The van der Waals surface area contributed by atoms with E-state index in [0.717, 1.165) is 0 Å². The first kappa shape index (κ1) is 16.1. The highest BCUT2D eigenvalue weighted by molar-refractivity contribution is 6.02. The Balaban J connectivity index is 2.41. The molecule has 120 valence electrons. The number of aliphatic hydroxyl groups is 1. The van der Waals surface area contributed by atoms with Gasteiger partial charge >= 0.3 is 5.97 Å². The number of nitrogens with zero attached hydrogens (tertiary/aromatic N) is 1. The molecule has 22 heavy (non-hydrogen) atoms. The van der Waals surface area contributed by atoms with Crippen LogP contribution in [0.1, 0.15) is 19.4 Å². The minimum atomic E-state index is -0.504. The molecule has 1 N–H and O–H groups in total. The number of anilines is 1. The summed E-state index contributed by atoms with van der Waals surface area (Å²) in [5.74, 6) is -0.0255. The van der Waals surface area contributed by atoms with Crippen LogP contribution in [0.4, 0.5) is 5.69 Å². The molecule has 0 spiro atoms. The van der Waals surface area contributed by atoms with Crippen molar-refractivity contribution in [2.75, 3.05) is 31.3 Å². The van der Waals surface area contributed by atoms with Crippen molar-refractivity contribution in [1.82, 2.24) is 0 Å². The first-order valence-corrected chi connectivity index (χ1v) is 7.10. The van der Waals surface area contributed by atoms with Crippen molar-refractivity contribution >= 4 is 17.6 Å². The third kappa shape index (κ3) is 3.30. The number of fused-ring (bicyclic) bond motifs is 1. The molecule has 1 aromatic rings. The van der Waals surface area contributed by atoms with Gasteiger partial charge in [0.1, 0.15) is 6.54 Å². The van der Waals surface area contributed by atoms with E-state index in [1.165, 1.54) is 4.90 Å². The Labute approximate surface area is 128 Å². The third-order valence-electron chi connectivity index (χ3n) is 3.10. The summed E-state index contributed by atoms with van der Waals surface area (Å²) in [6, 6.07) is 3.26. The number of hydrogen-bond donors (Lipinski definition) is 1. The van der Waals surface area contributed by atoms with Gasteiger partial charge in [-0.05, 0) is 31.5 Å². The van der Waals surface area contributed by atoms with Gasteiger partial charge in [0.25, 0.3) is 5.91 Å². The molecule has 0 fully saturated rings. The van der Waals surface area contributed by atoms with Crippen LogP contribution in [0.2, 0.25) is 0 Å². The summed E-state index contributed by atoms with van der Waals surface area (Å²) in [4.78, 5) is 25.0. The zero-order valence-electron chi connectivity index (χ0n) is 12.6. The lowest BCUT2D eigenvalue weighted by Gasteiger charge is -2.30. The van der Waals surface area contributed by atoms with E-state index in [-0.39, 0.29) is 32.3 Å². The average Bonchev–Trinajstić information content (AvgIpc) is 2.50. The molecule has 1 amide bonds. The summed E-state index contributed by atoms with van der Waals surface area (Å²) in [6.07, 6.45) is 0. The monoisotopic (exact) mass is 309 g/mol. The summed E-state index contributed by atoms with van der Waals surface area (Å²) in [5, 5.41) is 9.36. The van der Waals surface area contributed by atoms with Gasteiger partial charge in [0.05, 0.1) is 25.5 Å². The Bertz CT molecular complexity index is 571. The minimum absolute atomic E-state index is 0.176. The normalized spacial score (nSPS) is 13.4. The van der Waals surface area contributed by atoms with Gasteiger partial charge in [-0.25, -0.2) is 0 Å². The van der Waals surface area contributed by atoms with E-state index in [9.17, 15) is 14.7 Å². The lowest BCUT2D eigenvalue weighted by atomic mass is 10.1. The van der Waals surface area contributed by atoms with Crippen LogP contribution in [0.15, 0.2) is 12.1 Å². The summed E-state index contributed by atoms with van der Waals surface area (Å²) < 4.78 is 15.8. The molecule has 7 nitrogen and oxygen atoms in total. The number of amides is 1. The SMILES string of the molecule is CCOC(=O)CN1C(=O)COc2c(OCC)cc(CO)cc21. The molecule has 0 bridgehead atoms. The second-order valence-corrected chi connectivity index (χ2v) is 4.61. The topological polar surface area (TPSA) is 85.3 Å². The fourth-order valence-corrected chi connectivity index (χ4v) is 2.20. The van der Waals surface area contributed by atoms with Gasteiger partial charge in [-0.1, -0.05) is 0 Å². The minimum Gasteiger partial charge on any atom is -0.490 e. The van der Waals surface area contributed by atoms with Gasteiger partial charge in [0.2, 0.25) is 0 Å². The number of rotatable bonds is 6. The standard InChI is InChI=1S/C15H19NO6/c1-3-20-12-6-10(8-17)5-11-15(12)22-9-13(18)16(11)7-14(19)21-4-2/h5-6,17H,3-4,7-9H2,1-2H3. The van der Waals surface area contributed by atoms with E-state index >= 15 is 0 Å². The van der Waals surface area contributed by atoms with Gasteiger partial charge in [0, 0.05) is 0 Å². The van der Waals surface area contributed by atoms with Crippen LogP contribution in [0, 0.1) is 0 Å². The zero-order chi connectivity index (χ0) is 16.1. The Morgan fingerprint density at radius 3 is 2.77 bits per heavy atom. The van der Waals surface area contributed by atoms with Gasteiger partial charge in [-0.3, -0.25) is 14.5 Å². The largest absolute Gasteiger partial charge is 0.490 e. The van der Waals surface area contributed by atoms with Crippen molar-refractivity contribution in [2.24, 2.45) is 0 Å².